The van der Waals surface area contributed by atoms with Crippen LogP contribution in [-0.2, 0) is 0 Å². The van der Waals surface area contributed by atoms with Crippen LogP contribution in [0.25, 0.3) is 11.3 Å². The second-order valence-electron chi connectivity index (χ2n) is 6.22. The molecule has 2 aromatic carbocycles. The maximum atomic E-state index is 14.0. The summed E-state index contributed by atoms with van der Waals surface area (Å²) in [6.07, 6.45) is 2.47. The molecule has 1 amide bonds. The summed E-state index contributed by atoms with van der Waals surface area (Å²) in [5.41, 5.74) is 2.54. The van der Waals surface area contributed by atoms with E-state index in [9.17, 15) is 9.18 Å². The number of hydrogen-bond donors (Lipinski definition) is 1. The lowest BCUT2D eigenvalue weighted by molar-refractivity contribution is 0.102. The highest BCUT2D eigenvalue weighted by molar-refractivity contribution is 7.10. The van der Waals surface area contributed by atoms with E-state index in [4.69, 9.17) is 4.74 Å². The third-order valence-corrected chi connectivity index (χ3v) is 5.32. The van der Waals surface area contributed by atoms with Crippen LogP contribution in [0.5, 0.6) is 5.75 Å². The zero-order valence-electron chi connectivity index (χ0n) is 14.2. The molecule has 6 heteroatoms. The summed E-state index contributed by atoms with van der Waals surface area (Å²) >= 11 is 1.70. The van der Waals surface area contributed by atoms with Gasteiger partial charge in [-0.15, -0.1) is 11.3 Å². The third kappa shape index (κ3) is 3.46. The van der Waals surface area contributed by atoms with Crippen molar-refractivity contribution in [3.8, 4) is 17.0 Å². The van der Waals surface area contributed by atoms with E-state index in [1.807, 2.05) is 12.1 Å². The number of nitrogens with one attached hydrogen (secondary N) is 1. The molecule has 1 heterocycles. The molecule has 1 N–H and O–H groups in total. The fraction of sp³-hybridized carbons (Fsp3) is 0.200. The lowest BCUT2D eigenvalue weighted by Crippen LogP contribution is -2.13. The van der Waals surface area contributed by atoms with Crippen molar-refractivity contribution in [3.63, 3.8) is 0 Å². The highest BCUT2D eigenvalue weighted by atomic mass is 32.1. The Hall–Kier alpha value is -2.73. The van der Waals surface area contributed by atoms with Gasteiger partial charge in [0.2, 0.25) is 0 Å². The van der Waals surface area contributed by atoms with E-state index in [0.29, 0.717) is 17.4 Å². The summed E-state index contributed by atoms with van der Waals surface area (Å²) < 4.78 is 18.9. The molecular weight excluding hydrogens is 351 g/mol. The summed E-state index contributed by atoms with van der Waals surface area (Å²) in [6.45, 7) is 0. The molecule has 26 heavy (non-hydrogen) atoms. The van der Waals surface area contributed by atoms with Crippen LogP contribution in [0.3, 0.4) is 0 Å². The molecule has 1 aliphatic carbocycles. The van der Waals surface area contributed by atoms with Crippen LogP contribution in [0.15, 0.2) is 47.8 Å². The average Bonchev–Trinajstić information content (AvgIpc) is 3.39. The maximum absolute atomic E-state index is 14.0. The van der Waals surface area contributed by atoms with Gasteiger partial charge >= 0.3 is 0 Å². The number of nitrogens with zero attached hydrogens (tertiary/aromatic N) is 1. The number of thiazole rings is 1. The van der Waals surface area contributed by atoms with Gasteiger partial charge in [-0.2, -0.15) is 0 Å². The van der Waals surface area contributed by atoms with Gasteiger partial charge in [0.15, 0.2) is 0 Å². The first-order valence-corrected chi connectivity index (χ1v) is 9.23. The molecule has 0 aliphatic heterocycles. The van der Waals surface area contributed by atoms with Crippen molar-refractivity contribution >= 4 is 22.9 Å². The van der Waals surface area contributed by atoms with Crippen LogP contribution in [0, 0.1) is 5.82 Å². The van der Waals surface area contributed by atoms with Crippen LogP contribution in [-0.4, -0.2) is 18.0 Å². The first-order chi connectivity index (χ1) is 12.6. The molecule has 0 saturated heterocycles. The Bertz CT molecular complexity index is 949. The zero-order valence-corrected chi connectivity index (χ0v) is 15.0. The molecule has 4 rings (SSSR count). The lowest BCUT2D eigenvalue weighted by atomic mass is 10.1. The predicted octanol–water partition coefficient (Wildman–Crippen LogP) is 5.09. The molecule has 0 unspecified atom stereocenters. The minimum absolute atomic E-state index is 0.0246. The quantitative estimate of drug-likeness (QED) is 0.683. The SMILES string of the molecule is COc1ccc(C(=O)Nc2ccc(-c3csc(C4CC4)n3)cc2)c(F)c1. The fourth-order valence-electron chi connectivity index (χ4n) is 2.67. The second-order valence-corrected chi connectivity index (χ2v) is 7.11. The Balaban J connectivity index is 1.47. The van der Waals surface area contributed by atoms with E-state index < -0.39 is 11.7 Å². The fourth-order valence-corrected chi connectivity index (χ4v) is 3.67. The standard InChI is InChI=1S/C20H17FN2O2S/c1-25-15-8-9-16(17(21)10-15)19(24)22-14-6-4-12(5-7-14)18-11-26-20(23-18)13-2-3-13/h4-11,13H,2-3H2,1H3,(H,22,24). The van der Waals surface area contributed by atoms with Crippen LogP contribution in [0.2, 0.25) is 0 Å². The van der Waals surface area contributed by atoms with Crippen molar-refractivity contribution in [3.05, 3.63) is 64.2 Å². The molecule has 0 spiro atoms. The molecule has 0 bridgehead atoms. The van der Waals surface area contributed by atoms with Gasteiger partial charge < -0.3 is 10.1 Å². The topological polar surface area (TPSA) is 51.2 Å². The minimum atomic E-state index is -0.617. The molecule has 0 radical (unpaired) electrons. The van der Waals surface area contributed by atoms with Gasteiger partial charge in [-0.25, -0.2) is 9.37 Å². The first-order valence-electron chi connectivity index (χ1n) is 8.35. The largest absolute Gasteiger partial charge is 0.497 e. The number of halogens is 1. The van der Waals surface area contributed by atoms with E-state index in [2.05, 4.69) is 15.7 Å². The number of ether oxygens (including phenoxy) is 1. The molecule has 0 atom stereocenters. The Labute approximate surface area is 154 Å². The number of anilines is 1. The van der Waals surface area contributed by atoms with E-state index in [-0.39, 0.29) is 5.56 Å². The normalized spacial score (nSPS) is 13.5. The second kappa shape index (κ2) is 6.88. The van der Waals surface area contributed by atoms with Gasteiger partial charge in [-0.1, -0.05) is 12.1 Å². The minimum Gasteiger partial charge on any atom is -0.497 e. The van der Waals surface area contributed by atoms with Gasteiger partial charge in [0.05, 0.1) is 23.4 Å². The Morgan fingerprint density at radius 2 is 2.00 bits per heavy atom. The van der Waals surface area contributed by atoms with Crippen molar-refractivity contribution in [2.24, 2.45) is 0 Å². The number of amides is 1. The van der Waals surface area contributed by atoms with Crippen molar-refractivity contribution in [2.75, 3.05) is 12.4 Å². The number of methoxy groups -OCH3 is 1. The lowest BCUT2D eigenvalue weighted by Gasteiger charge is -2.08. The van der Waals surface area contributed by atoms with Crippen molar-refractivity contribution in [2.45, 2.75) is 18.8 Å². The molecule has 3 aromatic rings. The van der Waals surface area contributed by atoms with Crippen LogP contribution >= 0.6 is 11.3 Å². The number of aromatic nitrogens is 1. The van der Waals surface area contributed by atoms with Gasteiger partial charge in [-0.05, 0) is 37.1 Å². The van der Waals surface area contributed by atoms with E-state index in [1.165, 1.54) is 37.1 Å². The smallest absolute Gasteiger partial charge is 0.258 e. The zero-order chi connectivity index (χ0) is 18.1. The van der Waals surface area contributed by atoms with Crippen LogP contribution in [0.4, 0.5) is 10.1 Å². The number of carbonyl (C=O) groups is 1. The number of rotatable bonds is 5. The summed E-state index contributed by atoms with van der Waals surface area (Å²) in [5, 5.41) is 5.98. The van der Waals surface area contributed by atoms with E-state index in [0.717, 1.165) is 11.3 Å². The summed E-state index contributed by atoms with van der Waals surface area (Å²) in [5.74, 6) is -0.0972. The van der Waals surface area contributed by atoms with Gasteiger partial charge in [0.1, 0.15) is 11.6 Å². The van der Waals surface area contributed by atoms with Crippen LogP contribution in [0.1, 0.15) is 34.1 Å². The highest BCUT2D eigenvalue weighted by Crippen LogP contribution is 2.42. The van der Waals surface area contributed by atoms with E-state index in [1.54, 1.807) is 29.5 Å². The Kier molecular flexibility index (Phi) is 4.42. The summed E-state index contributed by atoms with van der Waals surface area (Å²) in [7, 11) is 1.45. The van der Waals surface area contributed by atoms with Crippen LogP contribution < -0.4 is 10.1 Å². The summed E-state index contributed by atoms with van der Waals surface area (Å²) in [6, 6.07) is 11.6. The van der Waals surface area contributed by atoms with Crippen molar-refractivity contribution in [1.82, 2.24) is 4.98 Å². The number of benzene rings is 2. The molecular formula is C20H17FN2O2S. The van der Waals surface area contributed by atoms with Crippen molar-refractivity contribution < 1.29 is 13.9 Å². The average molecular weight is 368 g/mol. The summed E-state index contributed by atoms with van der Waals surface area (Å²) in [4.78, 5) is 17.0. The highest BCUT2D eigenvalue weighted by Gasteiger charge is 2.26. The molecule has 1 aliphatic rings. The number of carbonyl (C=O) groups excluding carboxylic acids is 1. The molecule has 1 saturated carbocycles. The predicted molar refractivity (Wildman–Crippen MR) is 100 cm³/mol. The van der Waals surface area contributed by atoms with Gasteiger partial charge in [-0.3, -0.25) is 4.79 Å². The molecule has 132 valence electrons. The maximum Gasteiger partial charge on any atom is 0.258 e. The van der Waals surface area contributed by atoms with E-state index >= 15 is 0 Å². The first kappa shape index (κ1) is 16.7. The molecule has 4 nitrogen and oxygen atoms in total. The molecule has 1 fully saturated rings. The number of hydrogen-bond acceptors (Lipinski definition) is 4. The van der Waals surface area contributed by atoms with Gasteiger partial charge in [0, 0.05) is 28.6 Å². The Morgan fingerprint density at radius 1 is 1.23 bits per heavy atom. The molecule has 1 aromatic heterocycles. The van der Waals surface area contributed by atoms with Gasteiger partial charge in [0.25, 0.3) is 5.91 Å². The van der Waals surface area contributed by atoms with Crippen molar-refractivity contribution in [1.29, 1.82) is 0 Å². The Morgan fingerprint density at radius 3 is 2.65 bits per heavy atom. The third-order valence-electron chi connectivity index (χ3n) is 4.31. The monoisotopic (exact) mass is 368 g/mol.